The zero-order valence-corrected chi connectivity index (χ0v) is 14.4. The first-order valence-electron chi connectivity index (χ1n) is 6.49. The van der Waals surface area contributed by atoms with Crippen molar-refractivity contribution in [3.8, 4) is 6.07 Å². The molecule has 0 unspecified atom stereocenters. The van der Waals surface area contributed by atoms with Gasteiger partial charge in [-0.2, -0.15) is 5.26 Å². The number of aliphatic hydroxyl groups is 1. The minimum absolute atomic E-state index is 0.0301. The molecule has 0 aliphatic rings. The zero-order chi connectivity index (χ0) is 16.2. The topological polar surface area (TPSA) is 98.5 Å². The van der Waals surface area contributed by atoms with Gasteiger partial charge in [-0.1, -0.05) is 47.0 Å². The van der Waals surface area contributed by atoms with E-state index < -0.39 is 0 Å². The zero-order valence-electron chi connectivity index (χ0n) is 12.0. The lowest BCUT2D eigenvalue weighted by molar-refractivity contribution is 0.420. The fourth-order valence-electron chi connectivity index (χ4n) is 1.87. The van der Waals surface area contributed by atoms with E-state index >= 15 is 0 Å². The Morgan fingerprint density at radius 3 is 2.83 bits per heavy atom. The van der Waals surface area contributed by atoms with E-state index in [-0.39, 0.29) is 17.1 Å². The average Bonchev–Trinajstić information content (AvgIpc) is 3.20. The number of nitrogens with one attached hydrogen (secondary N) is 1. The SMILES string of the molecule is CSc1nnc(SC/C(O)=C(\C#N)c2nc3ccccc3[nH]2)s1. The van der Waals surface area contributed by atoms with Crippen molar-refractivity contribution in [2.45, 2.75) is 8.68 Å². The van der Waals surface area contributed by atoms with Crippen LogP contribution in [0.15, 0.2) is 38.7 Å². The number of benzene rings is 1. The number of aromatic nitrogens is 4. The van der Waals surface area contributed by atoms with Gasteiger partial charge in [0.2, 0.25) is 0 Å². The first-order valence-corrected chi connectivity index (χ1v) is 9.51. The molecule has 6 nitrogen and oxygen atoms in total. The largest absolute Gasteiger partial charge is 0.510 e. The number of thioether (sulfide) groups is 2. The molecule has 0 spiro atoms. The van der Waals surface area contributed by atoms with Gasteiger partial charge in [-0.15, -0.1) is 10.2 Å². The van der Waals surface area contributed by atoms with Crippen LogP contribution in [0.5, 0.6) is 0 Å². The monoisotopic (exact) mass is 361 g/mol. The number of nitrogens with zero attached hydrogens (tertiary/aromatic N) is 4. The molecular formula is C14H11N5OS3. The Bertz CT molecular complexity index is 875. The first-order chi connectivity index (χ1) is 11.2. The van der Waals surface area contributed by atoms with Crippen LogP contribution in [-0.4, -0.2) is 37.3 Å². The maximum atomic E-state index is 10.2. The van der Waals surface area contributed by atoms with Crippen LogP contribution in [0.4, 0.5) is 0 Å². The number of hydrogen-bond acceptors (Lipinski definition) is 8. The summed E-state index contributed by atoms with van der Waals surface area (Å²) in [5.41, 5.74) is 1.72. The van der Waals surface area contributed by atoms with Gasteiger partial charge in [0.05, 0.1) is 16.8 Å². The van der Waals surface area contributed by atoms with Crippen LogP contribution in [0, 0.1) is 11.3 Å². The van der Waals surface area contributed by atoms with Crippen LogP contribution < -0.4 is 0 Å². The lowest BCUT2D eigenvalue weighted by Crippen LogP contribution is -1.95. The number of aromatic amines is 1. The summed E-state index contributed by atoms with van der Waals surface area (Å²) in [6.07, 6.45) is 1.93. The average molecular weight is 361 g/mol. The lowest BCUT2D eigenvalue weighted by atomic mass is 10.2. The molecule has 3 rings (SSSR count). The summed E-state index contributed by atoms with van der Waals surface area (Å²) >= 11 is 4.32. The number of hydrogen-bond donors (Lipinski definition) is 2. The fourth-order valence-corrected chi connectivity index (χ4v) is 4.18. The summed E-state index contributed by atoms with van der Waals surface area (Å²) in [6, 6.07) is 9.49. The third-order valence-corrected chi connectivity index (χ3v) is 5.96. The molecular weight excluding hydrogens is 350 g/mol. The highest BCUT2D eigenvalue weighted by atomic mass is 32.2. The summed E-state index contributed by atoms with van der Waals surface area (Å²) in [5, 5.41) is 27.6. The minimum Gasteiger partial charge on any atom is -0.510 e. The van der Waals surface area contributed by atoms with Crippen molar-refractivity contribution in [1.82, 2.24) is 20.2 Å². The molecule has 2 N–H and O–H groups in total. The third kappa shape index (κ3) is 3.50. The van der Waals surface area contributed by atoms with Gasteiger partial charge >= 0.3 is 0 Å². The Hall–Kier alpha value is -2.02. The van der Waals surface area contributed by atoms with Crippen molar-refractivity contribution >= 4 is 51.5 Å². The molecule has 0 atom stereocenters. The molecule has 2 heterocycles. The standard InChI is InChI=1S/C14H11N5OS3/c1-21-13-18-19-14(23-13)22-7-11(20)8(6-15)12-16-9-4-2-3-5-10(9)17-12/h2-5,20H,7H2,1H3,(H,16,17)/b11-8-. The van der Waals surface area contributed by atoms with E-state index in [9.17, 15) is 10.4 Å². The Labute approximate surface area is 144 Å². The van der Waals surface area contributed by atoms with Crippen LogP contribution in [0.2, 0.25) is 0 Å². The second kappa shape index (κ2) is 7.04. The van der Waals surface area contributed by atoms with E-state index in [2.05, 4.69) is 20.2 Å². The van der Waals surface area contributed by atoms with E-state index in [0.29, 0.717) is 5.82 Å². The number of aliphatic hydroxyl groups excluding tert-OH is 1. The van der Waals surface area contributed by atoms with Gasteiger partial charge < -0.3 is 10.1 Å². The number of H-pyrrole nitrogens is 1. The number of imidazole rings is 1. The van der Waals surface area contributed by atoms with Gasteiger partial charge in [-0.25, -0.2) is 4.98 Å². The van der Waals surface area contributed by atoms with Gasteiger partial charge in [-0.3, -0.25) is 0 Å². The van der Waals surface area contributed by atoms with Crippen LogP contribution in [0.1, 0.15) is 5.82 Å². The predicted molar refractivity (Wildman–Crippen MR) is 93.7 cm³/mol. The molecule has 9 heteroatoms. The van der Waals surface area contributed by atoms with Gasteiger partial charge in [0.25, 0.3) is 0 Å². The number of nitriles is 1. The molecule has 0 fully saturated rings. The lowest BCUT2D eigenvalue weighted by Gasteiger charge is -2.00. The second-order valence-electron chi connectivity index (χ2n) is 4.36. The third-order valence-electron chi connectivity index (χ3n) is 2.92. The maximum Gasteiger partial charge on any atom is 0.175 e. The molecule has 1 aromatic carbocycles. The van der Waals surface area contributed by atoms with Gasteiger partial charge in [0, 0.05) is 0 Å². The molecule has 0 saturated heterocycles. The predicted octanol–water partition coefficient (Wildman–Crippen LogP) is 3.72. The van der Waals surface area contributed by atoms with E-state index in [1.165, 1.54) is 34.9 Å². The molecule has 116 valence electrons. The smallest absolute Gasteiger partial charge is 0.175 e. The number of para-hydroxylation sites is 2. The Morgan fingerprint density at radius 1 is 1.35 bits per heavy atom. The summed E-state index contributed by atoms with van der Waals surface area (Å²) in [7, 11) is 0. The Kier molecular flexibility index (Phi) is 4.85. The van der Waals surface area contributed by atoms with Crippen LogP contribution in [0.25, 0.3) is 16.6 Å². The van der Waals surface area contributed by atoms with Gasteiger partial charge in [0.1, 0.15) is 17.4 Å². The van der Waals surface area contributed by atoms with E-state index in [0.717, 1.165) is 19.7 Å². The quantitative estimate of drug-likeness (QED) is 0.406. The summed E-state index contributed by atoms with van der Waals surface area (Å²) in [6.45, 7) is 0. The summed E-state index contributed by atoms with van der Waals surface area (Å²) in [4.78, 5) is 7.39. The van der Waals surface area contributed by atoms with E-state index in [1.807, 2.05) is 36.6 Å². The number of rotatable bonds is 5. The van der Waals surface area contributed by atoms with Crippen molar-refractivity contribution in [3.05, 3.63) is 35.8 Å². The van der Waals surface area contributed by atoms with Gasteiger partial charge in [0.15, 0.2) is 14.5 Å². The summed E-state index contributed by atoms with van der Waals surface area (Å²) < 4.78 is 1.62. The van der Waals surface area contributed by atoms with Crippen LogP contribution >= 0.6 is 34.9 Å². The Morgan fingerprint density at radius 2 is 2.13 bits per heavy atom. The van der Waals surface area contributed by atoms with Crippen molar-refractivity contribution in [1.29, 1.82) is 5.26 Å². The minimum atomic E-state index is -0.0301. The normalized spacial score (nSPS) is 12.2. The van der Waals surface area contributed by atoms with Crippen molar-refractivity contribution < 1.29 is 5.11 Å². The molecule has 23 heavy (non-hydrogen) atoms. The number of fused-ring (bicyclic) bond motifs is 1. The Balaban J connectivity index is 1.82. The molecule has 0 bridgehead atoms. The number of allylic oxidation sites excluding steroid dienone is 1. The summed E-state index contributed by atoms with van der Waals surface area (Å²) in [5.74, 6) is 0.578. The van der Waals surface area contributed by atoms with Gasteiger partial charge in [-0.05, 0) is 18.4 Å². The molecule has 0 radical (unpaired) electrons. The highest BCUT2D eigenvalue weighted by Crippen LogP contribution is 2.29. The van der Waals surface area contributed by atoms with Crippen molar-refractivity contribution in [2.75, 3.05) is 12.0 Å². The van der Waals surface area contributed by atoms with Crippen molar-refractivity contribution in [3.63, 3.8) is 0 Å². The van der Waals surface area contributed by atoms with Crippen LogP contribution in [0.3, 0.4) is 0 Å². The van der Waals surface area contributed by atoms with Crippen LogP contribution in [-0.2, 0) is 0 Å². The second-order valence-corrected chi connectivity index (χ2v) is 7.62. The molecule has 0 saturated carbocycles. The maximum absolute atomic E-state index is 10.2. The molecule has 0 amide bonds. The molecule has 2 aromatic heterocycles. The highest BCUT2D eigenvalue weighted by molar-refractivity contribution is 8.03. The first kappa shape index (κ1) is 15.9. The fraction of sp³-hybridized carbons (Fsp3) is 0.143. The van der Waals surface area contributed by atoms with E-state index in [4.69, 9.17) is 0 Å². The van der Waals surface area contributed by atoms with Crippen molar-refractivity contribution in [2.24, 2.45) is 0 Å². The molecule has 3 aromatic rings. The molecule has 0 aliphatic heterocycles. The molecule has 0 aliphatic carbocycles. The van der Waals surface area contributed by atoms with E-state index in [1.54, 1.807) is 0 Å². The highest BCUT2D eigenvalue weighted by Gasteiger charge is 2.14.